The topological polar surface area (TPSA) is 160 Å². The highest BCUT2D eigenvalue weighted by atomic mass is 35.5. The number of aryl methyl sites for hydroxylation is 1. The summed E-state index contributed by atoms with van der Waals surface area (Å²) < 4.78 is 25.0. The first-order valence-corrected chi connectivity index (χ1v) is 20.9. The highest BCUT2D eigenvalue weighted by molar-refractivity contribution is 6.32. The second kappa shape index (κ2) is 22.4. The van der Waals surface area contributed by atoms with Gasteiger partial charge in [-0.15, -0.1) is 0 Å². The molecule has 0 fully saturated rings. The number of amides is 1. The Labute approximate surface area is 376 Å². The Morgan fingerprint density at radius 1 is 0.714 bits per heavy atom. The minimum Gasteiger partial charge on any atom is -0.488 e. The summed E-state index contributed by atoms with van der Waals surface area (Å²) in [7, 11) is 0. The van der Waals surface area contributed by atoms with E-state index in [0.29, 0.717) is 51.9 Å². The molecule has 2 aromatic heterocycles. The van der Waals surface area contributed by atoms with E-state index in [2.05, 4.69) is 45.3 Å². The number of hydrogen-bond donors (Lipinski definition) is 3. The molecule has 0 bridgehead atoms. The third-order valence-electron chi connectivity index (χ3n) is 10.2. The molecule has 12 nitrogen and oxygen atoms in total. The van der Waals surface area contributed by atoms with E-state index in [0.717, 1.165) is 50.9 Å². The minimum atomic E-state index is -0.484. The number of hydrogen-bond acceptors (Lipinski definition) is 10. The highest BCUT2D eigenvalue weighted by Gasteiger charge is 2.19. The smallest absolute Gasteiger partial charge is 0.255 e. The summed E-state index contributed by atoms with van der Waals surface area (Å²) in [6, 6.07) is 24.2. The summed E-state index contributed by atoms with van der Waals surface area (Å²) >= 11 is 13.5. The number of nitrogens with zero attached hydrogens (tertiary/aromatic N) is 4. The van der Waals surface area contributed by atoms with Gasteiger partial charge in [-0.2, -0.15) is 5.26 Å². The van der Waals surface area contributed by atoms with Crippen LogP contribution < -0.4 is 24.3 Å². The molecule has 0 radical (unpaired) electrons. The van der Waals surface area contributed by atoms with E-state index in [-0.39, 0.29) is 62.5 Å². The normalized spacial score (nSPS) is 10.7. The van der Waals surface area contributed by atoms with Crippen LogP contribution in [0, 0.1) is 31.8 Å². The lowest BCUT2D eigenvalue weighted by molar-refractivity contribution is 0.0940. The van der Waals surface area contributed by atoms with Gasteiger partial charge in [-0.05, 0) is 102 Å². The first-order chi connectivity index (χ1) is 30.6. The van der Waals surface area contributed by atoms with Crippen molar-refractivity contribution in [3.63, 3.8) is 0 Å². The van der Waals surface area contributed by atoms with Gasteiger partial charge < -0.3 is 34.5 Å². The molecule has 6 aromatic rings. The van der Waals surface area contributed by atoms with Gasteiger partial charge in [0.1, 0.15) is 55.5 Å². The average molecular weight is 887 g/mol. The number of carbonyl (C=O) groups excluding carboxylic acids is 1. The van der Waals surface area contributed by atoms with E-state index in [1.54, 1.807) is 36.7 Å². The molecular weight excluding hydrogens is 841 g/mol. The molecule has 0 aliphatic rings. The van der Waals surface area contributed by atoms with Crippen molar-refractivity contribution in [2.24, 2.45) is 0 Å². The number of carbonyl (C=O) groups is 1. The summed E-state index contributed by atoms with van der Waals surface area (Å²) in [5.74, 6) is 1.08. The van der Waals surface area contributed by atoms with Crippen LogP contribution in [-0.2, 0) is 32.8 Å². The Hall–Kier alpha value is -6.67. The quantitative estimate of drug-likeness (QED) is 0.0497. The number of benzene rings is 4. The first-order valence-electron chi connectivity index (χ1n) is 20.1. The Balaban J connectivity index is 1.19. The molecule has 322 valence electrons. The molecule has 1 amide bonds. The molecule has 6 rings (SSSR count). The second-order valence-electron chi connectivity index (χ2n) is 14.5. The predicted octanol–water partition coefficient (Wildman–Crippen LogP) is 9.84. The van der Waals surface area contributed by atoms with Crippen molar-refractivity contribution < 1.29 is 34.0 Å². The third-order valence-corrected chi connectivity index (χ3v) is 10.8. The minimum absolute atomic E-state index is 0.0224. The van der Waals surface area contributed by atoms with Crippen molar-refractivity contribution in [3.05, 3.63) is 169 Å². The lowest BCUT2D eigenvalue weighted by Crippen LogP contribution is -2.27. The van der Waals surface area contributed by atoms with Gasteiger partial charge >= 0.3 is 0 Å². The van der Waals surface area contributed by atoms with Gasteiger partial charge in [0.05, 0.1) is 34.4 Å². The van der Waals surface area contributed by atoms with Gasteiger partial charge in [0.25, 0.3) is 5.91 Å². The second-order valence-corrected chi connectivity index (χ2v) is 15.3. The number of halogens is 2. The zero-order valence-corrected chi connectivity index (χ0v) is 36.3. The molecule has 4 aromatic carbocycles. The predicted molar refractivity (Wildman–Crippen MR) is 240 cm³/mol. The number of unbranched alkanes of at least 4 members (excludes halogenated alkanes) is 1. The number of pyridine rings is 2. The fourth-order valence-electron chi connectivity index (χ4n) is 6.79. The molecule has 0 saturated carbocycles. The van der Waals surface area contributed by atoms with E-state index >= 15 is 0 Å². The van der Waals surface area contributed by atoms with Gasteiger partial charge in [-0.3, -0.25) is 14.8 Å². The van der Waals surface area contributed by atoms with Gasteiger partial charge in [-0.1, -0.05) is 59.6 Å². The lowest BCUT2D eigenvalue weighted by atomic mass is 9.92. The number of aliphatic hydroxyl groups excluding tert-OH is 2. The Morgan fingerprint density at radius 2 is 1.30 bits per heavy atom. The number of ether oxygens (including phenoxy) is 4. The lowest BCUT2D eigenvalue weighted by Gasteiger charge is -2.19. The molecule has 0 spiro atoms. The molecule has 63 heavy (non-hydrogen) atoms. The van der Waals surface area contributed by atoms with Crippen LogP contribution in [0.25, 0.3) is 16.0 Å². The van der Waals surface area contributed by atoms with Crippen LogP contribution >= 0.6 is 23.2 Å². The fraction of sp³-hybridized carbons (Fsp3) is 0.245. The van der Waals surface area contributed by atoms with Crippen LogP contribution in [0.1, 0.15) is 67.7 Å². The van der Waals surface area contributed by atoms with Gasteiger partial charge in [-0.25, -0.2) is 4.85 Å². The van der Waals surface area contributed by atoms with Crippen LogP contribution in [0.4, 0.5) is 5.69 Å². The largest absolute Gasteiger partial charge is 0.488 e. The molecule has 0 atom stereocenters. The van der Waals surface area contributed by atoms with Crippen LogP contribution in [-0.4, -0.2) is 45.8 Å². The molecule has 0 aliphatic heterocycles. The van der Waals surface area contributed by atoms with Crippen LogP contribution in [0.15, 0.2) is 97.6 Å². The standard InChI is InChI=1S/C49H45Cl2N5O7/c1-31-37(29-62-47-20-45(36(18-43(47)50)8-4-5-14-57)60-28-35-17-39(53-3)26-55-25-35)9-6-11-40(31)41-12-7-10-38(32(41)2)30-63-48-21-46(42(19-44(48)51)49(59)56-13-15-58)61-27-34-16-33(22-52)23-54-24-34/h6-7,9-12,16-21,23-26,57-58H,4-5,8,13-15,27-30H2,1-2H3,(H,56,59). The third kappa shape index (κ3) is 12.0. The zero-order valence-electron chi connectivity index (χ0n) is 34.8. The van der Waals surface area contributed by atoms with Gasteiger partial charge in [0.2, 0.25) is 5.69 Å². The molecule has 3 N–H and O–H groups in total. The summed E-state index contributed by atoms with van der Waals surface area (Å²) in [5, 5.41) is 31.2. The van der Waals surface area contributed by atoms with Crippen molar-refractivity contribution in [2.45, 2.75) is 59.5 Å². The van der Waals surface area contributed by atoms with Crippen molar-refractivity contribution in [1.82, 2.24) is 15.3 Å². The number of aromatic nitrogens is 2. The monoisotopic (exact) mass is 885 g/mol. The van der Waals surface area contributed by atoms with Crippen LogP contribution in [0.2, 0.25) is 10.0 Å². The SMILES string of the molecule is [C-]#[N+]c1cncc(COc2cc(OCc3cccc(-c4cccc(COc5cc(OCc6cncc(C#N)c6)c(C(=O)NCCO)cc5Cl)c4C)c3C)c(Cl)cc2CCCCO)c1. The first kappa shape index (κ1) is 45.8. The fourth-order valence-corrected chi connectivity index (χ4v) is 7.25. The molecule has 14 heteroatoms. The van der Waals surface area contributed by atoms with E-state index in [1.165, 1.54) is 18.5 Å². The van der Waals surface area contributed by atoms with Crippen LogP contribution in [0.3, 0.4) is 0 Å². The van der Waals surface area contributed by atoms with Crippen molar-refractivity contribution in [2.75, 3.05) is 19.8 Å². The van der Waals surface area contributed by atoms with Gasteiger partial charge in [0, 0.05) is 55.6 Å². The Bertz CT molecular complexity index is 2660. The summed E-state index contributed by atoms with van der Waals surface area (Å²) in [6.07, 6.45) is 8.24. The Morgan fingerprint density at radius 3 is 1.92 bits per heavy atom. The van der Waals surface area contributed by atoms with Crippen LogP contribution in [0.5, 0.6) is 23.0 Å². The molecular formula is C49H45Cl2N5O7. The summed E-state index contributed by atoms with van der Waals surface area (Å²) in [5.41, 5.74) is 9.14. The van der Waals surface area contributed by atoms with E-state index in [1.807, 2.05) is 37.3 Å². The zero-order chi connectivity index (χ0) is 44.7. The van der Waals surface area contributed by atoms with Crippen molar-refractivity contribution >= 4 is 34.8 Å². The Kier molecular flexibility index (Phi) is 16.3. The average Bonchev–Trinajstić information content (AvgIpc) is 3.30. The maximum absolute atomic E-state index is 13.0. The summed E-state index contributed by atoms with van der Waals surface area (Å²) in [4.78, 5) is 24.7. The molecule has 2 heterocycles. The van der Waals surface area contributed by atoms with Crippen molar-refractivity contribution in [3.8, 4) is 40.2 Å². The maximum atomic E-state index is 13.0. The number of nitriles is 1. The molecule has 0 saturated heterocycles. The van der Waals surface area contributed by atoms with Crippen molar-refractivity contribution in [1.29, 1.82) is 5.26 Å². The number of nitrogens with one attached hydrogen (secondary N) is 1. The van der Waals surface area contributed by atoms with Gasteiger partial charge in [0.15, 0.2) is 0 Å². The molecule has 0 aliphatic carbocycles. The number of aliphatic hydroxyl groups is 2. The number of rotatable bonds is 20. The maximum Gasteiger partial charge on any atom is 0.255 e. The van der Waals surface area contributed by atoms with E-state index < -0.39 is 5.91 Å². The van der Waals surface area contributed by atoms with E-state index in [4.69, 9.17) is 48.7 Å². The molecule has 0 unspecified atom stereocenters. The van der Waals surface area contributed by atoms with E-state index in [9.17, 15) is 20.3 Å². The summed E-state index contributed by atoms with van der Waals surface area (Å²) in [6.45, 7) is 11.9. The highest BCUT2D eigenvalue weighted by Crippen LogP contribution is 2.38.